The van der Waals surface area contributed by atoms with Crippen LogP contribution in [0.2, 0.25) is 5.02 Å². The molecule has 82 valence electrons. The van der Waals surface area contributed by atoms with Gasteiger partial charge < -0.3 is 5.11 Å². The number of carboxylic acid groups (broad SMARTS) is 1. The number of nitrogens with zero attached hydrogens (tertiary/aromatic N) is 2. The summed E-state index contributed by atoms with van der Waals surface area (Å²) in [7, 11) is 0. The van der Waals surface area contributed by atoms with E-state index < -0.39 is 5.97 Å². The SMILES string of the molecule is O=C(O)CCc1ncc2cccc(Cl)c2n1. The monoisotopic (exact) mass is 236 g/mol. The summed E-state index contributed by atoms with van der Waals surface area (Å²) >= 11 is 5.99. The van der Waals surface area contributed by atoms with Crippen LogP contribution >= 0.6 is 11.6 Å². The normalized spacial score (nSPS) is 10.6. The number of hydrogen-bond acceptors (Lipinski definition) is 3. The van der Waals surface area contributed by atoms with Crippen LogP contribution in [0.15, 0.2) is 24.4 Å². The van der Waals surface area contributed by atoms with Crippen LogP contribution in [0.3, 0.4) is 0 Å². The van der Waals surface area contributed by atoms with Gasteiger partial charge in [0.05, 0.1) is 17.0 Å². The zero-order chi connectivity index (χ0) is 11.5. The van der Waals surface area contributed by atoms with Gasteiger partial charge in [-0.1, -0.05) is 23.7 Å². The van der Waals surface area contributed by atoms with Gasteiger partial charge in [0, 0.05) is 18.0 Å². The summed E-state index contributed by atoms with van der Waals surface area (Å²) in [6.45, 7) is 0. The number of aliphatic carboxylic acids is 1. The molecule has 0 aliphatic heterocycles. The Morgan fingerprint density at radius 2 is 2.25 bits per heavy atom. The number of carbonyl (C=O) groups is 1. The number of aryl methyl sites for hydroxylation is 1. The standard InChI is InChI=1S/C11H9ClN2O2/c12-8-3-1-2-7-6-13-9(14-11(7)8)4-5-10(15)16/h1-3,6H,4-5H2,(H,15,16). The molecule has 0 bridgehead atoms. The van der Waals surface area contributed by atoms with Gasteiger partial charge in [-0.15, -0.1) is 0 Å². The predicted octanol–water partition coefficient (Wildman–Crippen LogP) is 2.30. The van der Waals surface area contributed by atoms with E-state index in [1.54, 1.807) is 12.3 Å². The molecule has 0 unspecified atom stereocenters. The van der Waals surface area contributed by atoms with Crippen molar-refractivity contribution in [2.75, 3.05) is 0 Å². The maximum absolute atomic E-state index is 10.4. The van der Waals surface area contributed by atoms with Crippen LogP contribution in [-0.2, 0) is 11.2 Å². The summed E-state index contributed by atoms with van der Waals surface area (Å²) in [4.78, 5) is 18.7. The Morgan fingerprint density at radius 3 is 3.00 bits per heavy atom. The summed E-state index contributed by atoms with van der Waals surface area (Å²) in [6, 6.07) is 5.44. The van der Waals surface area contributed by atoms with Gasteiger partial charge in [-0.3, -0.25) is 4.79 Å². The summed E-state index contributed by atoms with van der Waals surface area (Å²) < 4.78 is 0. The van der Waals surface area contributed by atoms with Crippen molar-refractivity contribution in [3.8, 4) is 0 Å². The van der Waals surface area contributed by atoms with Crippen molar-refractivity contribution in [3.63, 3.8) is 0 Å². The fraction of sp³-hybridized carbons (Fsp3) is 0.182. The molecule has 0 aliphatic rings. The van der Waals surface area contributed by atoms with Gasteiger partial charge in [-0.2, -0.15) is 0 Å². The molecule has 0 fully saturated rings. The van der Waals surface area contributed by atoms with Crippen LogP contribution < -0.4 is 0 Å². The molecular formula is C11H9ClN2O2. The van der Waals surface area contributed by atoms with E-state index >= 15 is 0 Å². The van der Waals surface area contributed by atoms with Crippen molar-refractivity contribution < 1.29 is 9.90 Å². The summed E-state index contributed by atoms with van der Waals surface area (Å²) in [5.74, 6) is -0.356. The summed E-state index contributed by atoms with van der Waals surface area (Å²) in [5, 5.41) is 9.97. The number of para-hydroxylation sites is 1. The molecule has 2 aromatic rings. The Balaban J connectivity index is 2.35. The van der Waals surface area contributed by atoms with E-state index in [1.807, 2.05) is 12.1 Å². The van der Waals surface area contributed by atoms with E-state index in [2.05, 4.69) is 9.97 Å². The Bertz CT molecular complexity index is 542. The second-order valence-electron chi connectivity index (χ2n) is 3.36. The third kappa shape index (κ3) is 2.28. The van der Waals surface area contributed by atoms with Gasteiger partial charge in [-0.05, 0) is 6.07 Å². The van der Waals surface area contributed by atoms with Crippen molar-refractivity contribution in [2.45, 2.75) is 12.8 Å². The third-order valence-electron chi connectivity index (χ3n) is 2.17. The molecule has 2 rings (SSSR count). The second kappa shape index (κ2) is 4.45. The van der Waals surface area contributed by atoms with Crippen molar-refractivity contribution >= 4 is 28.5 Å². The number of halogens is 1. The molecule has 0 aliphatic carbocycles. The van der Waals surface area contributed by atoms with Gasteiger partial charge in [0.2, 0.25) is 0 Å². The van der Waals surface area contributed by atoms with Gasteiger partial charge in [0.1, 0.15) is 5.82 Å². The quantitative estimate of drug-likeness (QED) is 0.888. The summed E-state index contributed by atoms with van der Waals surface area (Å²) in [6.07, 6.45) is 2.00. The van der Waals surface area contributed by atoms with Crippen LogP contribution in [0.4, 0.5) is 0 Å². The van der Waals surface area contributed by atoms with Gasteiger partial charge >= 0.3 is 5.97 Å². The highest BCUT2D eigenvalue weighted by molar-refractivity contribution is 6.34. The molecule has 1 N–H and O–H groups in total. The third-order valence-corrected chi connectivity index (χ3v) is 2.48. The molecule has 5 heteroatoms. The van der Waals surface area contributed by atoms with Crippen molar-refractivity contribution in [1.29, 1.82) is 0 Å². The second-order valence-corrected chi connectivity index (χ2v) is 3.76. The molecule has 0 spiro atoms. The lowest BCUT2D eigenvalue weighted by Crippen LogP contribution is -2.01. The number of aromatic nitrogens is 2. The van der Waals surface area contributed by atoms with Crippen molar-refractivity contribution in [3.05, 3.63) is 35.2 Å². The number of fused-ring (bicyclic) bond motifs is 1. The molecule has 0 saturated carbocycles. The molecule has 0 atom stereocenters. The maximum Gasteiger partial charge on any atom is 0.303 e. The van der Waals surface area contributed by atoms with Crippen LogP contribution in [0.5, 0.6) is 0 Å². The molecule has 1 aromatic carbocycles. The first-order valence-electron chi connectivity index (χ1n) is 4.79. The fourth-order valence-corrected chi connectivity index (χ4v) is 1.62. The number of rotatable bonds is 3. The average molecular weight is 237 g/mol. The maximum atomic E-state index is 10.4. The van der Waals surface area contributed by atoms with E-state index in [0.29, 0.717) is 22.8 Å². The molecule has 1 aromatic heterocycles. The lowest BCUT2D eigenvalue weighted by atomic mass is 10.2. The van der Waals surface area contributed by atoms with Crippen molar-refractivity contribution in [2.24, 2.45) is 0 Å². The Labute approximate surface area is 96.9 Å². The van der Waals surface area contributed by atoms with E-state index in [-0.39, 0.29) is 6.42 Å². The van der Waals surface area contributed by atoms with E-state index in [9.17, 15) is 4.79 Å². The lowest BCUT2D eigenvalue weighted by molar-refractivity contribution is -0.137. The predicted molar refractivity (Wildman–Crippen MR) is 60.5 cm³/mol. The minimum absolute atomic E-state index is 0.0238. The number of carboxylic acids is 1. The largest absolute Gasteiger partial charge is 0.481 e. The molecule has 1 heterocycles. The zero-order valence-electron chi connectivity index (χ0n) is 8.35. The Hall–Kier alpha value is -1.68. The zero-order valence-corrected chi connectivity index (χ0v) is 9.11. The van der Waals surface area contributed by atoms with Gasteiger partial charge in [0.25, 0.3) is 0 Å². The lowest BCUT2D eigenvalue weighted by Gasteiger charge is -2.01. The minimum atomic E-state index is -0.858. The number of hydrogen-bond donors (Lipinski definition) is 1. The van der Waals surface area contributed by atoms with E-state index in [0.717, 1.165) is 5.39 Å². The van der Waals surface area contributed by atoms with E-state index in [4.69, 9.17) is 16.7 Å². The molecule has 16 heavy (non-hydrogen) atoms. The van der Waals surface area contributed by atoms with Crippen LogP contribution in [0, 0.1) is 0 Å². The highest BCUT2D eigenvalue weighted by atomic mass is 35.5. The molecule has 0 radical (unpaired) electrons. The fourth-order valence-electron chi connectivity index (χ4n) is 1.40. The van der Waals surface area contributed by atoms with Gasteiger partial charge in [0.15, 0.2) is 0 Å². The van der Waals surface area contributed by atoms with Crippen molar-refractivity contribution in [1.82, 2.24) is 9.97 Å². The highest BCUT2D eigenvalue weighted by Crippen LogP contribution is 2.20. The molecule has 0 amide bonds. The highest BCUT2D eigenvalue weighted by Gasteiger charge is 2.05. The Kier molecular flexibility index (Phi) is 3.01. The first-order chi connectivity index (χ1) is 7.66. The van der Waals surface area contributed by atoms with Gasteiger partial charge in [-0.25, -0.2) is 9.97 Å². The first kappa shape index (κ1) is 10.8. The van der Waals surface area contributed by atoms with E-state index in [1.165, 1.54) is 0 Å². The Morgan fingerprint density at radius 1 is 1.44 bits per heavy atom. The van der Waals surface area contributed by atoms with Crippen LogP contribution in [0.1, 0.15) is 12.2 Å². The average Bonchev–Trinajstić information content (AvgIpc) is 2.27. The molecular weight excluding hydrogens is 228 g/mol. The smallest absolute Gasteiger partial charge is 0.303 e. The summed E-state index contributed by atoms with van der Waals surface area (Å²) in [5.41, 5.74) is 0.666. The van der Waals surface area contributed by atoms with Crippen LogP contribution in [-0.4, -0.2) is 21.0 Å². The molecule has 4 nitrogen and oxygen atoms in total. The number of benzene rings is 1. The first-order valence-corrected chi connectivity index (χ1v) is 5.16. The van der Waals surface area contributed by atoms with Crippen LogP contribution in [0.25, 0.3) is 10.9 Å². The minimum Gasteiger partial charge on any atom is -0.481 e. The topological polar surface area (TPSA) is 63.1 Å². The molecule has 0 saturated heterocycles.